The van der Waals surface area contributed by atoms with Crippen LogP contribution in [0.25, 0.3) is 22.3 Å². The van der Waals surface area contributed by atoms with Gasteiger partial charge >= 0.3 is 0 Å². The van der Waals surface area contributed by atoms with E-state index in [4.69, 9.17) is 9.40 Å². The van der Waals surface area contributed by atoms with Crippen molar-refractivity contribution in [3.63, 3.8) is 0 Å². The lowest BCUT2D eigenvalue weighted by molar-refractivity contribution is 0.0847. The van der Waals surface area contributed by atoms with Gasteiger partial charge in [0.05, 0.1) is 29.1 Å². The first-order valence-corrected chi connectivity index (χ1v) is 10.6. The van der Waals surface area contributed by atoms with E-state index in [1.807, 2.05) is 31.2 Å². The average Bonchev–Trinajstić information content (AvgIpc) is 3.53. The topological polar surface area (TPSA) is 115 Å². The standard InChI is InChI=1S/C25H20N6O3/c1-16-6-2-3-9-19(16)24(32)29-30-25(33)20-12-22(17-7-4-10-26-13-17)28-23-21(20)14-27-31(23)15-18-8-5-11-34-18/h2-14H,15H2,1H3,(H,29,32)(H,30,33). The van der Waals surface area contributed by atoms with Crippen molar-refractivity contribution in [1.82, 2.24) is 30.6 Å². The van der Waals surface area contributed by atoms with Crippen LogP contribution in [0.15, 0.2) is 83.9 Å². The molecule has 2 amide bonds. The maximum Gasteiger partial charge on any atom is 0.270 e. The van der Waals surface area contributed by atoms with E-state index < -0.39 is 11.8 Å². The van der Waals surface area contributed by atoms with Crippen LogP contribution in [0.3, 0.4) is 0 Å². The highest BCUT2D eigenvalue weighted by Crippen LogP contribution is 2.25. The first kappa shape index (κ1) is 21.1. The summed E-state index contributed by atoms with van der Waals surface area (Å²) in [5.74, 6) is -0.190. The molecule has 168 valence electrons. The molecule has 4 heterocycles. The zero-order valence-corrected chi connectivity index (χ0v) is 18.2. The van der Waals surface area contributed by atoms with E-state index >= 15 is 0 Å². The number of hydrogen-bond donors (Lipinski definition) is 2. The van der Waals surface area contributed by atoms with Gasteiger partial charge < -0.3 is 4.42 Å². The smallest absolute Gasteiger partial charge is 0.270 e. The lowest BCUT2D eigenvalue weighted by Gasteiger charge is -2.11. The fourth-order valence-electron chi connectivity index (χ4n) is 3.64. The molecular formula is C25H20N6O3. The first-order chi connectivity index (χ1) is 16.6. The number of pyridine rings is 2. The van der Waals surface area contributed by atoms with Gasteiger partial charge in [-0.15, -0.1) is 0 Å². The molecule has 0 unspecified atom stereocenters. The Morgan fingerprint density at radius 1 is 0.971 bits per heavy atom. The molecule has 0 saturated carbocycles. The van der Waals surface area contributed by atoms with Gasteiger partial charge in [-0.3, -0.25) is 25.4 Å². The number of hydrogen-bond acceptors (Lipinski definition) is 6. The van der Waals surface area contributed by atoms with Crippen LogP contribution in [-0.4, -0.2) is 31.6 Å². The van der Waals surface area contributed by atoms with Crippen LogP contribution in [0.2, 0.25) is 0 Å². The van der Waals surface area contributed by atoms with Crippen molar-refractivity contribution >= 4 is 22.8 Å². The molecule has 0 spiro atoms. The maximum atomic E-state index is 13.2. The molecule has 0 fully saturated rings. The second kappa shape index (κ2) is 8.99. The Kier molecular flexibility index (Phi) is 5.57. The molecule has 5 rings (SSSR count). The number of hydrazine groups is 1. The molecule has 1 aromatic carbocycles. The lowest BCUT2D eigenvalue weighted by atomic mass is 10.1. The summed E-state index contributed by atoms with van der Waals surface area (Å²) in [6.45, 7) is 2.18. The molecule has 0 saturated heterocycles. The maximum absolute atomic E-state index is 13.2. The Labute approximate surface area is 194 Å². The van der Waals surface area contributed by atoms with Gasteiger partial charge in [-0.05, 0) is 48.9 Å². The summed E-state index contributed by atoms with van der Waals surface area (Å²) in [5, 5.41) is 4.96. The monoisotopic (exact) mass is 452 g/mol. The highest BCUT2D eigenvalue weighted by atomic mass is 16.3. The summed E-state index contributed by atoms with van der Waals surface area (Å²) in [7, 11) is 0. The minimum Gasteiger partial charge on any atom is -0.467 e. The SMILES string of the molecule is Cc1ccccc1C(=O)NNC(=O)c1cc(-c2cccnc2)nc2c1cnn2Cc1ccco1. The van der Waals surface area contributed by atoms with E-state index in [2.05, 4.69) is 20.9 Å². The molecular weight excluding hydrogens is 432 g/mol. The predicted molar refractivity (Wildman–Crippen MR) is 125 cm³/mol. The van der Waals surface area contributed by atoms with Crippen molar-refractivity contribution in [1.29, 1.82) is 0 Å². The summed E-state index contributed by atoms with van der Waals surface area (Å²) in [6, 6.07) is 16.1. The number of aryl methyl sites for hydroxylation is 1. The van der Waals surface area contributed by atoms with Crippen molar-refractivity contribution < 1.29 is 14.0 Å². The van der Waals surface area contributed by atoms with Crippen LogP contribution in [0, 0.1) is 6.92 Å². The molecule has 9 nitrogen and oxygen atoms in total. The van der Waals surface area contributed by atoms with Crippen molar-refractivity contribution in [3.05, 3.63) is 102 Å². The Hall–Kier alpha value is -4.79. The Balaban J connectivity index is 1.50. The Morgan fingerprint density at radius 2 is 1.79 bits per heavy atom. The number of carbonyl (C=O) groups excluding carboxylic acids is 2. The van der Waals surface area contributed by atoms with Crippen molar-refractivity contribution in [2.45, 2.75) is 13.5 Å². The van der Waals surface area contributed by atoms with Gasteiger partial charge in [0.15, 0.2) is 5.65 Å². The normalized spacial score (nSPS) is 10.9. The number of nitrogens with zero attached hydrogens (tertiary/aromatic N) is 4. The van der Waals surface area contributed by atoms with E-state index in [9.17, 15) is 9.59 Å². The number of nitrogens with one attached hydrogen (secondary N) is 2. The van der Waals surface area contributed by atoms with Gasteiger partial charge in [0.25, 0.3) is 11.8 Å². The quantitative estimate of drug-likeness (QED) is 0.394. The highest BCUT2D eigenvalue weighted by Gasteiger charge is 2.19. The molecule has 0 aliphatic rings. The third kappa shape index (κ3) is 4.14. The molecule has 0 radical (unpaired) electrons. The molecule has 2 N–H and O–H groups in total. The zero-order valence-electron chi connectivity index (χ0n) is 18.2. The van der Waals surface area contributed by atoms with Gasteiger partial charge in [0.2, 0.25) is 0 Å². The largest absolute Gasteiger partial charge is 0.467 e. The van der Waals surface area contributed by atoms with Crippen molar-refractivity contribution in [2.24, 2.45) is 0 Å². The lowest BCUT2D eigenvalue weighted by Crippen LogP contribution is -2.42. The minimum absolute atomic E-state index is 0.319. The molecule has 0 atom stereocenters. The van der Waals surface area contributed by atoms with Gasteiger partial charge in [0.1, 0.15) is 12.3 Å². The van der Waals surface area contributed by atoms with E-state index in [1.165, 1.54) is 0 Å². The molecule has 5 aromatic rings. The Bertz CT molecular complexity index is 1480. The van der Waals surface area contributed by atoms with Crippen LogP contribution in [0.4, 0.5) is 0 Å². The molecule has 9 heteroatoms. The third-order valence-corrected chi connectivity index (χ3v) is 5.38. The van der Waals surface area contributed by atoms with E-state index in [0.717, 1.165) is 11.1 Å². The molecule has 0 bridgehead atoms. The van der Waals surface area contributed by atoms with E-state index in [1.54, 1.807) is 59.9 Å². The summed E-state index contributed by atoms with van der Waals surface area (Å²) in [4.78, 5) is 34.6. The summed E-state index contributed by atoms with van der Waals surface area (Å²) in [5.41, 5.74) is 8.41. The molecule has 0 aliphatic heterocycles. The molecule has 4 aromatic heterocycles. The van der Waals surface area contributed by atoms with E-state index in [-0.39, 0.29) is 0 Å². The van der Waals surface area contributed by atoms with Crippen LogP contribution < -0.4 is 10.9 Å². The van der Waals surface area contributed by atoms with Gasteiger partial charge in [-0.2, -0.15) is 5.10 Å². The summed E-state index contributed by atoms with van der Waals surface area (Å²) in [6.07, 6.45) is 6.50. The number of benzene rings is 1. The second-order valence-corrected chi connectivity index (χ2v) is 7.64. The number of carbonyl (C=O) groups is 2. The number of amides is 2. The molecule has 0 aliphatic carbocycles. The van der Waals surface area contributed by atoms with Gasteiger partial charge in [0, 0.05) is 23.5 Å². The number of furan rings is 1. The third-order valence-electron chi connectivity index (χ3n) is 5.38. The fourth-order valence-corrected chi connectivity index (χ4v) is 3.64. The fraction of sp³-hybridized carbons (Fsp3) is 0.0800. The number of rotatable bonds is 5. The average molecular weight is 452 g/mol. The van der Waals surface area contributed by atoms with Gasteiger partial charge in [-0.1, -0.05) is 18.2 Å². The minimum atomic E-state index is -0.489. The second-order valence-electron chi connectivity index (χ2n) is 7.64. The van der Waals surface area contributed by atoms with Crippen LogP contribution in [0.1, 0.15) is 32.0 Å². The van der Waals surface area contributed by atoms with Crippen LogP contribution in [0.5, 0.6) is 0 Å². The van der Waals surface area contributed by atoms with E-state index in [0.29, 0.717) is 40.2 Å². The number of aromatic nitrogens is 4. The zero-order chi connectivity index (χ0) is 23.5. The van der Waals surface area contributed by atoms with Crippen molar-refractivity contribution in [3.8, 4) is 11.3 Å². The first-order valence-electron chi connectivity index (χ1n) is 10.6. The summed E-state index contributed by atoms with van der Waals surface area (Å²) < 4.78 is 7.10. The van der Waals surface area contributed by atoms with Crippen LogP contribution in [-0.2, 0) is 6.54 Å². The summed E-state index contributed by atoms with van der Waals surface area (Å²) >= 11 is 0. The predicted octanol–water partition coefficient (Wildman–Crippen LogP) is 3.52. The number of fused-ring (bicyclic) bond motifs is 1. The highest BCUT2D eigenvalue weighted by molar-refractivity contribution is 6.07. The Morgan fingerprint density at radius 3 is 2.53 bits per heavy atom. The van der Waals surface area contributed by atoms with Gasteiger partial charge in [-0.25, -0.2) is 9.67 Å². The molecule has 34 heavy (non-hydrogen) atoms. The van der Waals surface area contributed by atoms with Crippen molar-refractivity contribution in [2.75, 3.05) is 0 Å². The van der Waals surface area contributed by atoms with Crippen LogP contribution >= 0.6 is 0 Å².